The fourth-order valence-corrected chi connectivity index (χ4v) is 2.91. The number of primary amides is 1. The van der Waals surface area contributed by atoms with Crippen LogP contribution < -0.4 is 20.5 Å². The summed E-state index contributed by atoms with van der Waals surface area (Å²) in [5, 5.41) is 2.79. The predicted molar refractivity (Wildman–Crippen MR) is 99.5 cm³/mol. The lowest BCUT2D eigenvalue weighted by atomic mass is 10.1. The first-order chi connectivity index (χ1) is 11.9. The predicted octanol–water partition coefficient (Wildman–Crippen LogP) is 3.52. The van der Waals surface area contributed by atoms with Crippen LogP contribution in [0.1, 0.15) is 33.2 Å². The number of halogens is 1. The number of hydrogen-bond donors (Lipinski definition) is 2. The van der Waals surface area contributed by atoms with Crippen molar-refractivity contribution in [3.63, 3.8) is 0 Å². The van der Waals surface area contributed by atoms with Crippen LogP contribution in [-0.4, -0.2) is 25.5 Å². The number of hydrogen-bond acceptors (Lipinski definition) is 4. The van der Waals surface area contributed by atoms with Gasteiger partial charge in [0.05, 0.1) is 18.2 Å². The molecule has 0 bridgehead atoms. The van der Waals surface area contributed by atoms with E-state index in [0.29, 0.717) is 45.0 Å². The van der Waals surface area contributed by atoms with Crippen molar-refractivity contribution in [3.8, 4) is 11.5 Å². The van der Waals surface area contributed by atoms with Gasteiger partial charge in [-0.3, -0.25) is 9.59 Å². The van der Waals surface area contributed by atoms with E-state index in [1.165, 1.54) is 7.11 Å². The Labute approximate surface area is 154 Å². The van der Waals surface area contributed by atoms with Crippen molar-refractivity contribution >= 4 is 33.4 Å². The topological polar surface area (TPSA) is 90.6 Å². The summed E-state index contributed by atoms with van der Waals surface area (Å²) in [6.45, 7) is 4.10. The Bertz CT molecular complexity index is 821. The molecule has 0 radical (unpaired) electrons. The number of carbonyl (C=O) groups is 2. The van der Waals surface area contributed by atoms with Crippen LogP contribution in [0.5, 0.6) is 11.5 Å². The monoisotopic (exact) mass is 406 g/mol. The van der Waals surface area contributed by atoms with Crippen LogP contribution in [-0.2, 0) is 0 Å². The molecule has 2 amide bonds. The molecular formula is C18H19BrN2O4. The van der Waals surface area contributed by atoms with Crippen LogP contribution in [0.3, 0.4) is 0 Å². The molecule has 7 heteroatoms. The first-order valence-corrected chi connectivity index (χ1v) is 8.38. The maximum absolute atomic E-state index is 12.5. The molecule has 0 aliphatic heterocycles. The first kappa shape index (κ1) is 18.8. The van der Waals surface area contributed by atoms with Gasteiger partial charge < -0.3 is 20.5 Å². The van der Waals surface area contributed by atoms with Gasteiger partial charge in [-0.1, -0.05) is 0 Å². The van der Waals surface area contributed by atoms with E-state index >= 15 is 0 Å². The molecule has 0 spiro atoms. The molecule has 25 heavy (non-hydrogen) atoms. The molecule has 2 aromatic rings. The van der Waals surface area contributed by atoms with Crippen LogP contribution >= 0.6 is 15.9 Å². The van der Waals surface area contributed by atoms with E-state index in [-0.39, 0.29) is 5.91 Å². The lowest BCUT2D eigenvalue weighted by Gasteiger charge is -2.14. The van der Waals surface area contributed by atoms with Crippen molar-refractivity contribution in [2.24, 2.45) is 5.73 Å². The van der Waals surface area contributed by atoms with Crippen LogP contribution in [0.25, 0.3) is 0 Å². The first-order valence-electron chi connectivity index (χ1n) is 7.59. The molecule has 0 aliphatic carbocycles. The van der Waals surface area contributed by atoms with Gasteiger partial charge in [0.2, 0.25) is 5.91 Å². The molecule has 132 valence electrons. The number of aryl methyl sites for hydroxylation is 1. The number of amides is 2. The zero-order valence-electron chi connectivity index (χ0n) is 14.2. The van der Waals surface area contributed by atoms with E-state index in [1.54, 1.807) is 37.3 Å². The zero-order valence-corrected chi connectivity index (χ0v) is 15.8. The maximum atomic E-state index is 12.5. The van der Waals surface area contributed by atoms with Gasteiger partial charge in [0.1, 0.15) is 0 Å². The van der Waals surface area contributed by atoms with Gasteiger partial charge in [0, 0.05) is 16.8 Å². The fraction of sp³-hybridized carbons (Fsp3) is 0.222. The minimum atomic E-state index is -0.504. The van der Waals surface area contributed by atoms with E-state index < -0.39 is 5.91 Å². The molecule has 3 N–H and O–H groups in total. The molecular weight excluding hydrogens is 388 g/mol. The SMILES string of the molecule is CCOc1c(Br)cc(C(=O)Nc2ccc(C(N)=O)c(C)c2)cc1OC. The second-order valence-electron chi connectivity index (χ2n) is 5.27. The smallest absolute Gasteiger partial charge is 0.255 e. The van der Waals surface area contributed by atoms with Gasteiger partial charge in [-0.25, -0.2) is 0 Å². The summed E-state index contributed by atoms with van der Waals surface area (Å²) >= 11 is 3.39. The standard InChI is InChI=1S/C18H19BrN2O4/c1-4-25-16-14(19)8-11(9-15(16)24-3)18(23)21-12-5-6-13(17(20)22)10(2)7-12/h5-9H,4H2,1-3H3,(H2,20,22)(H,21,23). The summed E-state index contributed by atoms with van der Waals surface area (Å²) in [7, 11) is 1.51. The largest absolute Gasteiger partial charge is 0.493 e. The van der Waals surface area contributed by atoms with Crippen molar-refractivity contribution in [3.05, 3.63) is 51.5 Å². The van der Waals surface area contributed by atoms with Crippen LogP contribution in [0.15, 0.2) is 34.8 Å². The lowest BCUT2D eigenvalue weighted by molar-refractivity contribution is 0.0997. The summed E-state index contributed by atoms with van der Waals surface area (Å²) < 4.78 is 11.4. The summed E-state index contributed by atoms with van der Waals surface area (Å²) in [5.74, 6) is 0.189. The second-order valence-corrected chi connectivity index (χ2v) is 6.12. The number of anilines is 1. The Hall–Kier alpha value is -2.54. The number of carbonyl (C=O) groups excluding carboxylic acids is 2. The van der Waals surface area contributed by atoms with E-state index in [2.05, 4.69) is 21.2 Å². The van der Waals surface area contributed by atoms with E-state index in [1.807, 2.05) is 6.92 Å². The molecule has 2 rings (SSSR count). The third-order valence-corrected chi connectivity index (χ3v) is 4.12. The van der Waals surface area contributed by atoms with Gasteiger partial charge in [-0.15, -0.1) is 0 Å². The second kappa shape index (κ2) is 8.02. The lowest BCUT2D eigenvalue weighted by Crippen LogP contribution is -2.15. The van der Waals surface area contributed by atoms with Crippen molar-refractivity contribution in [2.45, 2.75) is 13.8 Å². The Balaban J connectivity index is 2.28. The minimum Gasteiger partial charge on any atom is -0.493 e. The van der Waals surface area contributed by atoms with Crippen molar-refractivity contribution < 1.29 is 19.1 Å². The molecule has 2 aromatic carbocycles. The van der Waals surface area contributed by atoms with Gasteiger partial charge in [0.25, 0.3) is 5.91 Å². The molecule has 6 nitrogen and oxygen atoms in total. The summed E-state index contributed by atoms with van der Waals surface area (Å²) in [5.41, 5.74) is 7.37. The van der Waals surface area contributed by atoms with E-state index in [9.17, 15) is 9.59 Å². The number of benzene rings is 2. The average molecular weight is 407 g/mol. The summed E-state index contributed by atoms with van der Waals surface area (Å²) in [6.07, 6.45) is 0. The zero-order chi connectivity index (χ0) is 18.6. The quantitative estimate of drug-likeness (QED) is 0.767. The number of nitrogens with one attached hydrogen (secondary N) is 1. The molecule has 0 saturated carbocycles. The minimum absolute atomic E-state index is 0.312. The Morgan fingerprint density at radius 3 is 2.52 bits per heavy atom. The third kappa shape index (κ3) is 4.30. The molecule has 0 saturated heterocycles. The Morgan fingerprint density at radius 2 is 1.96 bits per heavy atom. The fourth-order valence-electron chi connectivity index (χ4n) is 2.36. The molecule has 0 atom stereocenters. The van der Waals surface area contributed by atoms with E-state index in [4.69, 9.17) is 15.2 Å². The number of methoxy groups -OCH3 is 1. The van der Waals surface area contributed by atoms with Crippen LogP contribution in [0.4, 0.5) is 5.69 Å². The number of nitrogens with two attached hydrogens (primary N) is 1. The highest BCUT2D eigenvalue weighted by Crippen LogP contribution is 2.36. The van der Waals surface area contributed by atoms with Crippen molar-refractivity contribution in [2.75, 3.05) is 19.0 Å². The normalized spacial score (nSPS) is 10.2. The van der Waals surface area contributed by atoms with Gasteiger partial charge >= 0.3 is 0 Å². The highest BCUT2D eigenvalue weighted by Gasteiger charge is 2.16. The summed E-state index contributed by atoms with van der Waals surface area (Å²) in [6, 6.07) is 8.18. The molecule has 0 fully saturated rings. The highest BCUT2D eigenvalue weighted by atomic mass is 79.9. The average Bonchev–Trinajstić information content (AvgIpc) is 2.56. The van der Waals surface area contributed by atoms with Crippen molar-refractivity contribution in [1.29, 1.82) is 0 Å². The Kier molecular flexibility index (Phi) is 6.03. The molecule has 0 aromatic heterocycles. The third-order valence-electron chi connectivity index (χ3n) is 3.53. The highest BCUT2D eigenvalue weighted by molar-refractivity contribution is 9.10. The maximum Gasteiger partial charge on any atom is 0.255 e. The number of rotatable bonds is 6. The summed E-state index contributed by atoms with van der Waals surface area (Å²) in [4.78, 5) is 23.8. The number of ether oxygens (including phenoxy) is 2. The van der Waals surface area contributed by atoms with Gasteiger partial charge in [0.15, 0.2) is 11.5 Å². The van der Waals surface area contributed by atoms with Crippen LogP contribution in [0, 0.1) is 6.92 Å². The molecule has 0 unspecified atom stereocenters. The van der Waals surface area contributed by atoms with E-state index in [0.717, 1.165) is 0 Å². The van der Waals surface area contributed by atoms with Gasteiger partial charge in [-0.2, -0.15) is 0 Å². The Morgan fingerprint density at radius 1 is 1.24 bits per heavy atom. The molecule has 0 aliphatic rings. The van der Waals surface area contributed by atoms with Gasteiger partial charge in [-0.05, 0) is 65.7 Å². The van der Waals surface area contributed by atoms with Crippen LogP contribution in [0.2, 0.25) is 0 Å². The molecule has 0 heterocycles. The van der Waals surface area contributed by atoms with Crippen molar-refractivity contribution in [1.82, 2.24) is 0 Å².